The van der Waals surface area contributed by atoms with Crippen molar-refractivity contribution < 1.29 is 14.3 Å². The zero-order valence-electron chi connectivity index (χ0n) is 18.2. The fourth-order valence-corrected chi connectivity index (χ4v) is 3.46. The fraction of sp³-hybridized carbons (Fsp3) is 0.231. The minimum absolute atomic E-state index is 0.106. The second-order valence-corrected chi connectivity index (χ2v) is 8.35. The van der Waals surface area contributed by atoms with Gasteiger partial charge in [-0.2, -0.15) is 0 Å². The van der Waals surface area contributed by atoms with Gasteiger partial charge in [-0.1, -0.05) is 29.8 Å². The van der Waals surface area contributed by atoms with Crippen LogP contribution < -0.4 is 20.3 Å². The van der Waals surface area contributed by atoms with Crippen molar-refractivity contribution in [3.63, 3.8) is 0 Å². The molecule has 3 aromatic carbocycles. The number of rotatable bonds is 9. The molecule has 0 aromatic heterocycles. The summed E-state index contributed by atoms with van der Waals surface area (Å²) in [6, 6.07) is 23.6. The Morgan fingerprint density at radius 3 is 2.24 bits per heavy atom. The van der Waals surface area contributed by atoms with Gasteiger partial charge in [-0.3, -0.25) is 9.69 Å². The normalized spacial score (nSPS) is 12.6. The molecule has 7 heteroatoms. The van der Waals surface area contributed by atoms with Crippen LogP contribution in [0.5, 0.6) is 11.5 Å². The van der Waals surface area contributed by atoms with Crippen LogP contribution in [0.1, 0.15) is 19.3 Å². The first kappa shape index (κ1) is 22.7. The van der Waals surface area contributed by atoms with Gasteiger partial charge in [0, 0.05) is 35.4 Å². The molecule has 2 N–H and O–H groups in total. The van der Waals surface area contributed by atoms with E-state index in [2.05, 4.69) is 10.6 Å². The van der Waals surface area contributed by atoms with E-state index >= 15 is 0 Å². The Morgan fingerprint density at radius 1 is 0.909 bits per heavy atom. The molecule has 1 aliphatic rings. The molecular weight excluding hydrogens is 438 g/mol. The third-order valence-corrected chi connectivity index (χ3v) is 5.53. The molecule has 1 saturated carbocycles. The number of hydrogen-bond acceptors (Lipinski definition) is 3. The van der Waals surface area contributed by atoms with Crippen molar-refractivity contribution in [3.05, 3.63) is 83.9 Å². The Balaban J connectivity index is 1.42. The first-order valence-electron chi connectivity index (χ1n) is 11.0. The number of ether oxygens (including phenoxy) is 1. The zero-order valence-corrected chi connectivity index (χ0v) is 18.9. The van der Waals surface area contributed by atoms with E-state index in [9.17, 15) is 9.59 Å². The van der Waals surface area contributed by atoms with Crippen molar-refractivity contribution >= 4 is 34.9 Å². The van der Waals surface area contributed by atoms with Gasteiger partial charge >= 0.3 is 6.03 Å². The third kappa shape index (κ3) is 6.73. The van der Waals surface area contributed by atoms with Gasteiger partial charge < -0.3 is 15.4 Å². The standard InChI is InChI=1S/C26H26ClN3O3/c27-20-9-11-21(12-10-20)29-26(32)30(18-4-17-28-25(31)19-7-8-19)22-13-15-24(16-14-22)33-23-5-2-1-3-6-23/h1-3,5-6,9-16,19H,4,7-8,17-18H2,(H,28,31)(H,29,32). The number of carbonyl (C=O) groups excluding carboxylic acids is 2. The van der Waals surface area contributed by atoms with Gasteiger partial charge in [-0.25, -0.2) is 4.79 Å². The van der Waals surface area contributed by atoms with Crippen LogP contribution in [0.25, 0.3) is 0 Å². The molecule has 0 radical (unpaired) electrons. The van der Waals surface area contributed by atoms with E-state index in [1.54, 1.807) is 29.2 Å². The van der Waals surface area contributed by atoms with Gasteiger partial charge in [-0.15, -0.1) is 0 Å². The molecule has 3 amide bonds. The highest BCUT2D eigenvalue weighted by molar-refractivity contribution is 6.30. The second kappa shape index (κ2) is 10.9. The maximum Gasteiger partial charge on any atom is 0.326 e. The van der Waals surface area contributed by atoms with Crippen LogP contribution in [0.15, 0.2) is 78.9 Å². The average Bonchev–Trinajstić information content (AvgIpc) is 3.67. The summed E-state index contributed by atoms with van der Waals surface area (Å²) in [5, 5.41) is 6.46. The fourth-order valence-electron chi connectivity index (χ4n) is 3.33. The van der Waals surface area contributed by atoms with Crippen molar-refractivity contribution in [1.29, 1.82) is 0 Å². The molecule has 0 bridgehead atoms. The van der Waals surface area contributed by atoms with Crippen LogP contribution in [0.4, 0.5) is 16.2 Å². The maximum absolute atomic E-state index is 13.1. The number of halogens is 1. The summed E-state index contributed by atoms with van der Waals surface area (Å²) in [6.45, 7) is 0.971. The molecule has 0 aliphatic heterocycles. The number of benzene rings is 3. The highest BCUT2D eigenvalue weighted by Gasteiger charge is 2.29. The predicted molar refractivity (Wildman–Crippen MR) is 131 cm³/mol. The van der Waals surface area contributed by atoms with E-state index < -0.39 is 0 Å². The molecule has 1 aliphatic carbocycles. The van der Waals surface area contributed by atoms with E-state index in [1.807, 2.05) is 54.6 Å². The third-order valence-electron chi connectivity index (χ3n) is 5.27. The molecule has 6 nitrogen and oxygen atoms in total. The monoisotopic (exact) mass is 463 g/mol. The summed E-state index contributed by atoms with van der Waals surface area (Å²) >= 11 is 5.95. The number of nitrogens with one attached hydrogen (secondary N) is 2. The van der Waals surface area contributed by atoms with Gasteiger partial charge in [0.25, 0.3) is 0 Å². The number of para-hydroxylation sites is 1. The van der Waals surface area contributed by atoms with Gasteiger partial charge in [0.2, 0.25) is 5.91 Å². The lowest BCUT2D eigenvalue weighted by atomic mass is 10.2. The molecule has 0 heterocycles. The number of anilines is 2. The van der Waals surface area contributed by atoms with Gasteiger partial charge in [0.15, 0.2) is 0 Å². The SMILES string of the molecule is O=C(NCCCN(C(=O)Nc1ccc(Cl)cc1)c1ccc(Oc2ccccc2)cc1)C1CC1. The maximum atomic E-state index is 13.1. The molecule has 4 rings (SSSR count). The van der Waals surface area contributed by atoms with Crippen molar-refractivity contribution in [3.8, 4) is 11.5 Å². The Labute approximate surface area is 198 Å². The van der Waals surface area contributed by atoms with E-state index in [0.717, 1.165) is 24.3 Å². The molecule has 0 atom stereocenters. The van der Waals surface area contributed by atoms with E-state index in [-0.39, 0.29) is 17.9 Å². The van der Waals surface area contributed by atoms with Crippen LogP contribution in [0.2, 0.25) is 5.02 Å². The summed E-state index contributed by atoms with van der Waals surface area (Å²) in [6.07, 6.45) is 2.58. The minimum Gasteiger partial charge on any atom is -0.457 e. The first-order valence-corrected chi connectivity index (χ1v) is 11.4. The lowest BCUT2D eigenvalue weighted by Gasteiger charge is -2.24. The lowest BCUT2D eigenvalue weighted by Crippen LogP contribution is -2.37. The molecule has 170 valence electrons. The second-order valence-electron chi connectivity index (χ2n) is 7.92. The first-order chi connectivity index (χ1) is 16.1. The number of urea groups is 1. The largest absolute Gasteiger partial charge is 0.457 e. The molecule has 33 heavy (non-hydrogen) atoms. The van der Waals surface area contributed by atoms with Crippen molar-refractivity contribution in [1.82, 2.24) is 5.32 Å². The molecule has 0 unspecified atom stereocenters. The van der Waals surface area contributed by atoms with Gasteiger partial charge in [0.05, 0.1) is 0 Å². The van der Waals surface area contributed by atoms with Gasteiger partial charge in [-0.05, 0) is 79.9 Å². The van der Waals surface area contributed by atoms with Crippen LogP contribution in [-0.4, -0.2) is 25.0 Å². The van der Waals surface area contributed by atoms with Crippen LogP contribution in [0, 0.1) is 5.92 Å². The van der Waals surface area contributed by atoms with Crippen molar-refractivity contribution in [2.45, 2.75) is 19.3 Å². The van der Waals surface area contributed by atoms with Gasteiger partial charge in [0.1, 0.15) is 11.5 Å². The Bertz CT molecular complexity index is 1070. The number of nitrogens with zero attached hydrogens (tertiary/aromatic N) is 1. The predicted octanol–water partition coefficient (Wildman–Crippen LogP) is 6.09. The zero-order chi connectivity index (χ0) is 23.0. The van der Waals surface area contributed by atoms with Crippen molar-refractivity contribution in [2.75, 3.05) is 23.3 Å². The smallest absolute Gasteiger partial charge is 0.326 e. The Morgan fingerprint density at radius 2 is 1.58 bits per heavy atom. The van der Waals surface area contributed by atoms with Crippen LogP contribution in [-0.2, 0) is 4.79 Å². The average molecular weight is 464 g/mol. The molecule has 3 aromatic rings. The molecule has 0 spiro atoms. The topological polar surface area (TPSA) is 70.7 Å². The summed E-state index contributed by atoms with van der Waals surface area (Å²) < 4.78 is 5.85. The number of carbonyl (C=O) groups is 2. The summed E-state index contributed by atoms with van der Waals surface area (Å²) in [4.78, 5) is 26.6. The summed E-state index contributed by atoms with van der Waals surface area (Å²) in [5.41, 5.74) is 1.39. The highest BCUT2D eigenvalue weighted by atomic mass is 35.5. The highest BCUT2D eigenvalue weighted by Crippen LogP contribution is 2.29. The van der Waals surface area contributed by atoms with Crippen LogP contribution in [0.3, 0.4) is 0 Å². The summed E-state index contributed by atoms with van der Waals surface area (Å²) in [5.74, 6) is 1.70. The number of amides is 3. The van der Waals surface area contributed by atoms with E-state index in [1.165, 1.54) is 0 Å². The number of hydrogen-bond donors (Lipinski definition) is 2. The van der Waals surface area contributed by atoms with Crippen molar-refractivity contribution in [2.24, 2.45) is 5.92 Å². The van der Waals surface area contributed by atoms with Crippen LogP contribution >= 0.6 is 11.6 Å². The minimum atomic E-state index is -0.262. The lowest BCUT2D eigenvalue weighted by molar-refractivity contribution is -0.122. The van der Waals surface area contributed by atoms with E-state index in [0.29, 0.717) is 36.0 Å². The Hall–Kier alpha value is -3.51. The Kier molecular flexibility index (Phi) is 7.47. The molecule has 0 saturated heterocycles. The molecule has 1 fully saturated rings. The van der Waals surface area contributed by atoms with E-state index in [4.69, 9.17) is 16.3 Å². The quantitative estimate of drug-likeness (QED) is 0.377. The summed E-state index contributed by atoms with van der Waals surface area (Å²) in [7, 11) is 0. The molecular formula is C26H26ClN3O3.